The molecule has 4 saturated carbocycles. The predicted molar refractivity (Wildman–Crippen MR) is 246 cm³/mol. The Labute approximate surface area is 355 Å². The van der Waals surface area contributed by atoms with E-state index >= 15 is 0 Å². The van der Waals surface area contributed by atoms with Crippen LogP contribution in [0, 0.1) is 29.1 Å². The van der Waals surface area contributed by atoms with E-state index in [4.69, 9.17) is 0 Å². The fourth-order valence-electron chi connectivity index (χ4n) is 15.2. The number of hydrogen-bond acceptors (Lipinski definition) is 2. The van der Waals surface area contributed by atoms with Crippen molar-refractivity contribution in [1.82, 2.24) is 0 Å². The first kappa shape index (κ1) is 35.2. The molecule has 6 aliphatic carbocycles. The Kier molecular flexibility index (Phi) is 6.83. The van der Waals surface area contributed by atoms with Gasteiger partial charge in [-0.1, -0.05) is 132 Å². The van der Waals surface area contributed by atoms with E-state index in [0.29, 0.717) is 5.41 Å². The molecule has 13 rings (SSSR count). The van der Waals surface area contributed by atoms with E-state index in [-0.39, 0.29) is 21.7 Å². The molecule has 0 radical (unpaired) electrons. The minimum Gasteiger partial charge on any atom is -0.310 e. The smallest absolute Gasteiger partial charge is 0.0465 e. The molecular formula is C57H55NS. The molecule has 0 amide bonds. The third-order valence-corrected chi connectivity index (χ3v) is 19.0. The molecule has 59 heavy (non-hydrogen) atoms. The Morgan fingerprint density at radius 3 is 1.95 bits per heavy atom. The molecule has 1 heterocycles. The average Bonchev–Trinajstić information content (AvgIpc) is 3.85. The average molecular weight is 786 g/mol. The van der Waals surface area contributed by atoms with Gasteiger partial charge in [0.15, 0.2) is 0 Å². The van der Waals surface area contributed by atoms with Gasteiger partial charge >= 0.3 is 0 Å². The lowest BCUT2D eigenvalue weighted by atomic mass is 9.26. The highest BCUT2D eigenvalue weighted by Gasteiger charge is 2.84. The Balaban J connectivity index is 1.05. The molecule has 1 aliphatic heterocycles. The van der Waals surface area contributed by atoms with Crippen molar-refractivity contribution in [3.05, 3.63) is 161 Å². The van der Waals surface area contributed by atoms with Crippen molar-refractivity contribution < 1.29 is 0 Å². The van der Waals surface area contributed by atoms with Crippen molar-refractivity contribution in [2.24, 2.45) is 29.1 Å². The van der Waals surface area contributed by atoms with Crippen LogP contribution < -0.4 is 4.90 Å². The fourth-order valence-corrected chi connectivity index (χ4v) is 16.4. The summed E-state index contributed by atoms with van der Waals surface area (Å²) in [5.74, 6) is 3.28. The van der Waals surface area contributed by atoms with Crippen molar-refractivity contribution in [3.63, 3.8) is 0 Å². The molecule has 1 nitrogen and oxygen atoms in total. The summed E-state index contributed by atoms with van der Waals surface area (Å²) in [6.07, 6.45) is 8.17. The predicted octanol–water partition coefficient (Wildman–Crippen LogP) is 15.3. The van der Waals surface area contributed by atoms with Crippen LogP contribution in [-0.4, -0.2) is 0 Å². The van der Waals surface area contributed by atoms with Crippen molar-refractivity contribution in [2.45, 2.75) is 112 Å². The van der Waals surface area contributed by atoms with Gasteiger partial charge in [-0.15, -0.1) is 0 Å². The van der Waals surface area contributed by atoms with Crippen LogP contribution in [0.25, 0.3) is 22.3 Å². The second-order valence-electron chi connectivity index (χ2n) is 21.6. The minimum atomic E-state index is -0.0770. The first-order valence-electron chi connectivity index (χ1n) is 22.6. The van der Waals surface area contributed by atoms with Gasteiger partial charge in [0.05, 0.1) is 0 Å². The van der Waals surface area contributed by atoms with Gasteiger partial charge in [-0.2, -0.15) is 0 Å². The van der Waals surface area contributed by atoms with Crippen LogP contribution in [0.4, 0.5) is 17.1 Å². The number of rotatable bonds is 4. The van der Waals surface area contributed by atoms with Gasteiger partial charge in [0.2, 0.25) is 0 Å². The first-order valence-corrected chi connectivity index (χ1v) is 23.5. The van der Waals surface area contributed by atoms with Crippen molar-refractivity contribution in [3.8, 4) is 22.3 Å². The van der Waals surface area contributed by atoms with Gasteiger partial charge in [0.1, 0.15) is 0 Å². The van der Waals surface area contributed by atoms with Crippen LogP contribution in [0.15, 0.2) is 137 Å². The summed E-state index contributed by atoms with van der Waals surface area (Å²) in [6.45, 7) is 14.7. The van der Waals surface area contributed by atoms with E-state index in [0.717, 1.165) is 23.7 Å². The summed E-state index contributed by atoms with van der Waals surface area (Å²) < 4.78 is 0. The number of fused-ring (bicyclic) bond motifs is 11. The normalized spacial score (nSPS) is 29.6. The maximum Gasteiger partial charge on any atom is 0.0465 e. The van der Waals surface area contributed by atoms with E-state index in [2.05, 4.69) is 174 Å². The molecule has 6 unspecified atom stereocenters. The zero-order chi connectivity index (χ0) is 39.8. The third-order valence-electron chi connectivity index (χ3n) is 17.8. The van der Waals surface area contributed by atoms with Crippen LogP contribution >= 0.6 is 11.8 Å². The second kappa shape index (κ2) is 11.4. The Bertz CT molecular complexity index is 2790. The summed E-state index contributed by atoms with van der Waals surface area (Å²) in [7, 11) is 0. The molecule has 2 heteroatoms. The van der Waals surface area contributed by atoms with Crippen LogP contribution in [0.5, 0.6) is 0 Å². The molecule has 6 atom stereocenters. The number of hydrogen-bond donors (Lipinski definition) is 0. The largest absolute Gasteiger partial charge is 0.310 e. The van der Waals surface area contributed by atoms with Crippen LogP contribution in [-0.2, 0) is 21.7 Å². The summed E-state index contributed by atoms with van der Waals surface area (Å²) >= 11 is 2.03. The van der Waals surface area contributed by atoms with Gasteiger partial charge in [0.25, 0.3) is 0 Å². The highest BCUT2D eigenvalue weighted by Crippen LogP contribution is 2.89. The fraction of sp³-hybridized carbons (Fsp3) is 0.368. The van der Waals surface area contributed by atoms with E-state index in [1.54, 1.807) is 11.1 Å². The molecule has 2 spiro atoms. The summed E-state index contributed by atoms with van der Waals surface area (Å²) in [6, 6.07) is 50.3. The summed E-state index contributed by atoms with van der Waals surface area (Å²) in [4.78, 5) is 5.61. The summed E-state index contributed by atoms with van der Waals surface area (Å²) in [5.41, 5.74) is 19.4. The zero-order valence-corrected chi connectivity index (χ0v) is 36.3. The topological polar surface area (TPSA) is 3.24 Å². The monoisotopic (exact) mass is 785 g/mol. The molecule has 0 N–H and O–H groups in total. The number of anilines is 3. The minimum absolute atomic E-state index is 0.0408. The second-order valence-corrected chi connectivity index (χ2v) is 22.7. The molecule has 6 aromatic rings. The van der Waals surface area contributed by atoms with E-state index in [1.807, 2.05) is 11.8 Å². The lowest BCUT2D eigenvalue weighted by Crippen LogP contribution is -2.74. The highest BCUT2D eigenvalue weighted by atomic mass is 32.2. The lowest BCUT2D eigenvalue weighted by molar-refractivity contribution is -0.234. The van der Waals surface area contributed by atoms with Crippen molar-refractivity contribution >= 4 is 28.8 Å². The van der Waals surface area contributed by atoms with Crippen LogP contribution in [0.2, 0.25) is 0 Å². The van der Waals surface area contributed by atoms with Crippen molar-refractivity contribution in [1.29, 1.82) is 0 Å². The molecule has 6 aromatic carbocycles. The van der Waals surface area contributed by atoms with E-state index in [1.165, 1.54) is 110 Å². The van der Waals surface area contributed by atoms with Gasteiger partial charge in [-0.05, 0) is 183 Å². The van der Waals surface area contributed by atoms with Crippen LogP contribution in [0.3, 0.4) is 0 Å². The number of benzene rings is 6. The van der Waals surface area contributed by atoms with Gasteiger partial charge in [0, 0.05) is 37.7 Å². The molecule has 2 bridgehead atoms. The SMILES string of the molecule is CC1(C)CCC(C)(C)c2cc(N(c3ccc4c(c3)C(C)(C)c3ccccc3-4)c3ccc4c(c3)C3(c5c(cccc5-c5ccccc5)S4)C4CC5CC6CC3C64C5)ccc21. The molecular weight excluding hydrogens is 731 g/mol. The van der Waals surface area contributed by atoms with Gasteiger partial charge < -0.3 is 4.90 Å². The quantitative estimate of drug-likeness (QED) is 0.175. The third kappa shape index (κ3) is 4.30. The van der Waals surface area contributed by atoms with E-state index < -0.39 is 0 Å². The maximum absolute atomic E-state index is 2.71. The molecule has 4 fully saturated rings. The molecule has 0 saturated heterocycles. The molecule has 7 aliphatic rings. The highest BCUT2D eigenvalue weighted by molar-refractivity contribution is 7.99. The van der Waals surface area contributed by atoms with Crippen LogP contribution in [0.1, 0.15) is 113 Å². The van der Waals surface area contributed by atoms with Crippen molar-refractivity contribution in [2.75, 3.05) is 4.90 Å². The maximum atomic E-state index is 2.71. The summed E-state index contributed by atoms with van der Waals surface area (Å²) in [5, 5.41) is 0. The first-order chi connectivity index (χ1) is 28.4. The molecule has 0 aromatic heterocycles. The molecule has 294 valence electrons. The zero-order valence-electron chi connectivity index (χ0n) is 35.5. The van der Waals surface area contributed by atoms with Gasteiger partial charge in [-0.25, -0.2) is 0 Å². The Morgan fingerprint density at radius 2 is 1.15 bits per heavy atom. The standard InChI is InChI=1S/C57H55NS/c1-53(2)25-26-54(3,4)46-31-38(20-23-44(46)53)58(37-19-22-42-41-15-10-11-17-43(41)55(5,6)45(42)30-37)39-21-24-48-47(32-39)57(50-28-34-27-36-29-51(57)56(36,50)33-34)52-40(16-12-18-49(52)59-48)35-13-8-7-9-14-35/h7-24,30-32,34,36,50-51H,25-29,33H2,1-6H3. The Morgan fingerprint density at radius 1 is 0.508 bits per heavy atom. The number of nitrogens with zero attached hydrogens (tertiary/aromatic N) is 1. The van der Waals surface area contributed by atoms with Gasteiger partial charge in [-0.3, -0.25) is 0 Å². The Hall–Kier alpha value is -4.53. The lowest BCUT2D eigenvalue weighted by Gasteiger charge is -2.78. The van der Waals surface area contributed by atoms with E-state index in [9.17, 15) is 0 Å².